The predicted octanol–water partition coefficient (Wildman–Crippen LogP) is 1.53. The Balaban J connectivity index is 2.03. The van der Waals surface area contributed by atoms with Crippen LogP contribution in [0.5, 0.6) is 0 Å². The van der Waals surface area contributed by atoms with Gasteiger partial charge in [-0.1, -0.05) is 11.3 Å². The summed E-state index contributed by atoms with van der Waals surface area (Å²) in [6, 6.07) is 0. The van der Waals surface area contributed by atoms with E-state index in [1.54, 1.807) is 18.4 Å². The van der Waals surface area contributed by atoms with Gasteiger partial charge in [-0.3, -0.25) is 0 Å². The molecule has 0 aliphatic carbocycles. The van der Waals surface area contributed by atoms with Crippen LogP contribution in [0.15, 0.2) is 3.92 Å². The summed E-state index contributed by atoms with van der Waals surface area (Å²) in [5.74, 6) is 0. The van der Waals surface area contributed by atoms with Crippen LogP contribution in [-0.2, 0) is 4.74 Å². The Labute approximate surface area is 89.0 Å². The maximum atomic E-state index is 5.27. The third-order valence-corrected chi connectivity index (χ3v) is 3.56. The molecule has 0 radical (unpaired) electrons. The Hall–Kier alpha value is -0.200. The summed E-state index contributed by atoms with van der Waals surface area (Å²) in [5.41, 5.74) is 0. The lowest BCUT2D eigenvalue weighted by molar-refractivity contribution is 0.121. The Bertz CT molecular complexity index is 293. The number of nitrogens with zero attached hydrogens (tertiary/aromatic N) is 3. The third kappa shape index (κ3) is 2.00. The van der Waals surface area contributed by atoms with Crippen LogP contribution in [0.4, 0.5) is 5.13 Å². The number of rotatable bonds is 2. The van der Waals surface area contributed by atoms with Crippen LogP contribution in [0.3, 0.4) is 0 Å². The summed E-state index contributed by atoms with van der Waals surface area (Å²) in [6.07, 6.45) is 1.43. The summed E-state index contributed by atoms with van der Waals surface area (Å²) in [6.45, 7) is 1.94. The minimum Gasteiger partial charge on any atom is -0.380 e. The lowest BCUT2D eigenvalue weighted by Gasteiger charge is -2.12. The largest absolute Gasteiger partial charge is 0.380 e. The van der Waals surface area contributed by atoms with Gasteiger partial charge < -0.3 is 9.64 Å². The van der Waals surface area contributed by atoms with E-state index < -0.39 is 0 Å². The Morgan fingerprint density at radius 1 is 1.62 bits per heavy atom. The molecular formula is C7H10BrN3OS. The molecule has 0 aromatic carbocycles. The highest BCUT2D eigenvalue weighted by Crippen LogP contribution is 2.27. The van der Waals surface area contributed by atoms with Crippen molar-refractivity contribution < 1.29 is 4.74 Å². The van der Waals surface area contributed by atoms with Gasteiger partial charge >= 0.3 is 0 Å². The van der Waals surface area contributed by atoms with E-state index in [9.17, 15) is 0 Å². The number of ether oxygens (including phenoxy) is 1. The SMILES string of the molecule is COC1CCN(c2nnc(Br)s2)C1. The summed E-state index contributed by atoms with van der Waals surface area (Å²) in [5, 5.41) is 8.95. The van der Waals surface area contributed by atoms with E-state index in [2.05, 4.69) is 31.0 Å². The molecule has 1 aromatic heterocycles. The maximum Gasteiger partial charge on any atom is 0.209 e. The lowest BCUT2D eigenvalue weighted by atomic mass is 10.3. The minimum absolute atomic E-state index is 0.350. The van der Waals surface area contributed by atoms with Crippen molar-refractivity contribution in [3.05, 3.63) is 3.92 Å². The van der Waals surface area contributed by atoms with E-state index >= 15 is 0 Å². The van der Waals surface area contributed by atoms with E-state index in [4.69, 9.17) is 4.74 Å². The molecule has 1 atom stereocenters. The van der Waals surface area contributed by atoms with Gasteiger partial charge in [0.15, 0.2) is 3.92 Å². The van der Waals surface area contributed by atoms with Gasteiger partial charge in [-0.05, 0) is 22.4 Å². The molecule has 72 valence electrons. The minimum atomic E-state index is 0.350. The Kier molecular flexibility index (Phi) is 2.80. The first kappa shape index (κ1) is 9.36. The van der Waals surface area contributed by atoms with E-state index in [1.165, 1.54) is 0 Å². The van der Waals surface area contributed by atoms with Gasteiger partial charge in [0.1, 0.15) is 0 Å². The molecular weight excluding hydrogens is 254 g/mol. The second-order valence-electron chi connectivity index (χ2n) is 2.93. The highest BCUT2D eigenvalue weighted by molar-refractivity contribution is 9.11. The first-order chi connectivity index (χ1) is 6.29. The smallest absolute Gasteiger partial charge is 0.209 e. The molecule has 0 bridgehead atoms. The lowest BCUT2D eigenvalue weighted by Crippen LogP contribution is -2.21. The summed E-state index contributed by atoms with van der Waals surface area (Å²) >= 11 is 4.86. The summed E-state index contributed by atoms with van der Waals surface area (Å²) < 4.78 is 6.11. The van der Waals surface area contributed by atoms with Crippen LogP contribution in [-0.4, -0.2) is 36.5 Å². The van der Waals surface area contributed by atoms with Crippen LogP contribution in [0, 0.1) is 0 Å². The summed E-state index contributed by atoms with van der Waals surface area (Å²) in [7, 11) is 1.75. The van der Waals surface area contributed by atoms with Crippen LogP contribution in [0.25, 0.3) is 0 Å². The van der Waals surface area contributed by atoms with Crippen molar-refractivity contribution in [1.29, 1.82) is 0 Å². The van der Waals surface area contributed by atoms with E-state index in [-0.39, 0.29) is 0 Å². The number of methoxy groups -OCH3 is 1. The fourth-order valence-electron chi connectivity index (χ4n) is 1.42. The molecule has 0 N–H and O–H groups in total. The second kappa shape index (κ2) is 3.89. The predicted molar refractivity (Wildman–Crippen MR) is 55.2 cm³/mol. The van der Waals surface area contributed by atoms with Gasteiger partial charge in [0.25, 0.3) is 0 Å². The molecule has 1 aliphatic rings. The van der Waals surface area contributed by atoms with Crippen molar-refractivity contribution >= 4 is 32.4 Å². The molecule has 1 aromatic rings. The van der Waals surface area contributed by atoms with Gasteiger partial charge in [0, 0.05) is 20.2 Å². The standard InChI is InChI=1S/C7H10BrN3OS/c1-12-5-2-3-11(4-5)7-10-9-6(8)13-7/h5H,2-4H2,1H3. The molecule has 4 nitrogen and oxygen atoms in total. The van der Waals surface area contributed by atoms with E-state index in [0.717, 1.165) is 28.6 Å². The highest BCUT2D eigenvalue weighted by atomic mass is 79.9. The number of anilines is 1. The average Bonchev–Trinajstić information content (AvgIpc) is 2.71. The zero-order valence-electron chi connectivity index (χ0n) is 7.23. The van der Waals surface area contributed by atoms with Crippen LogP contribution >= 0.6 is 27.3 Å². The van der Waals surface area contributed by atoms with Gasteiger partial charge in [-0.2, -0.15) is 0 Å². The Morgan fingerprint density at radius 3 is 3.00 bits per heavy atom. The quantitative estimate of drug-likeness (QED) is 0.811. The van der Waals surface area contributed by atoms with E-state index in [1.807, 2.05) is 0 Å². The van der Waals surface area contributed by atoms with Gasteiger partial charge in [0.2, 0.25) is 5.13 Å². The first-order valence-corrected chi connectivity index (χ1v) is 5.67. The zero-order valence-corrected chi connectivity index (χ0v) is 9.64. The molecule has 2 rings (SSSR count). The van der Waals surface area contributed by atoms with Crippen LogP contribution in [0.2, 0.25) is 0 Å². The van der Waals surface area contributed by atoms with Crippen molar-refractivity contribution in [1.82, 2.24) is 10.2 Å². The monoisotopic (exact) mass is 263 g/mol. The number of aromatic nitrogens is 2. The van der Waals surface area contributed by atoms with Gasteiger partial charge in [-0.15, -0.1) is 10.2 Å². The molecule has 13 heavy (non-hydrogen) atoms. The summed E-state index contributed by atoms with van der Waals surface area (Å²) in [4.78, 5) is 2.20. The van der Waals surface area contributed by atoms with Crippen molar-refractivity contribution in [2.75, 3.05) is 25.1 Å². The fraction of sp³-hybridized carbons (Fsp3) is 0.714. The number of halogens is 1. The average molecular weight is 264 g/mol. The normalized spacial score (nSPS) is 22.6. The topological polar surface area (TPSA) is 38.2 Å². The zero-order chi connectivity index (χ0) is 9.26. The molecule has 6 heteroatoms. The number of hydrogen-bond acceptors (Lipinski definition) is 5. The van der Waals surface area contributed by atoms with Crippen molar-refractivity contribution in [2.24, 2.45) is 0 Å². The molecule has 0 saturated carbocycles. The third-order valence-electron chi connectivity index (χ3n) is 2.14. The highest BCUT2D eigenvalue weighted by Gasteiger charge is 2.24. The maximum absolute atomic E-state index is 5.27. The van der Waals surface area contributed by atoms with Crippen molar-refractivity contribution in [2.45, 2.75) is 12.5 Å². The molecule has 0 spiro atoms. The molecule has 2 heterocycles. The Morgan fingerprint density at radius 2 is 2.46 bits per heavy atom. The van der Waals surface area contributed by atoms with E-state index in [0.29, 0.717) is 6.10 Å². The number of hydrogen-bond donors (Lipinski definition) is 0. The van der Waals surface area contributed by atoms with Crippen molar-refractivity contribution in [3.63, 3.8) is 0 Å². The molecule has 1 unspecified atom stereocenters. The molecule has 0 amide bonds. The van der Waals surface area contributed by atoms with Gasteiger partial charge in [-0.25, -0.2) is 0 Å². The van der Waals surface area contributed by atoms with Crippen LogP contribution < -0.4 is 4.90 Å². The second-order valence-corrected chi connectivity index (χ2v) is 5.16. The van der Waals surface area contributed by atoms with Crippen molar-refractivity contribution in [3.8, 4) is 0 Å². The van der Waals surface area contributed by atoms with Crippen LogP contribution in [0.1, 0.15) is 6.42 Å². The fourth-order valence-corrected chi connectivity index (χ4v) is 2.54. The first-order valence-electron chi connectivity index (χ1n) is 4.06. The van der Waals surface area contributed by atoms with Gasteiger partial charge in [0.05, 0.1) is 6.10 Å². The molecule has 1 fully saturated rings. The molecule has 1 aliphatic heterocycles. The molecule has 1 saturated heterocycles.